The molecule has 1 unspecified atom stereocenters. The Kier molecular flexibility index (Phi) is 5.98. The van der Waals surface area contributed by atoms with Crippen molar-refractivity contribution in [2.75, 3.05) is 6.61 Å². The number of nitrogens with one attached hydrogen (secondary N) is 1. The van der Waals surface area contributed by atoms with Crippen LogP contribution in [0, 0.1) is 13.8 Å². The van der Waals surface area contributed by atoms with Gasteiger partial charge in [-0.25, -0.2) is 4.79 Å². The summed E-state index contributed by atoms with van der Waals surface area (Å²) in [5.41, 5.74) is 2.29. The van der Waals surface area contributed by atoms with E-state index in [4.69, 9.17) is 4.74 Å². The molecule has 0 aliphatic rings. The molecule has 136 valence electrons. The van der Waals surface area contributed by atoms with Crippen molar-refractivity contribution in [3.63, 3.8) is 0 Å². The molecule has 6 heteroatoms. The first-order chi connectivity index (χ1) is 11.8. The summed E-state index contributed by atoms with van der Waals surface area (Å²) in [7, 11) is 0. The normalized spacial score (nSPS) is 12.6. The summed E-state index contributed by atoms with van der Waals surface area (Å²) in [6.45, 7) is 9.82. The lowest BCUT2D eigenvalue weighted by atomic mass is 9.94. The van der Waals surface area contributed by atoms with Gasteiger partial charge in [-0.05, 0) is 32.3 Å². The van der Waals surface area contributed by atoms with Crippen LogP contribution in [0.15, 0.2) is 27.8 Å². The maximum absolute atomic E-state index is 12.4. The predicted molar refractivity (Wildman–Crippen MR) is 97.0 cm³/mol. The Balaban J connectivity index is 2.75. The van der Waals surface area contributed by atoms with Crippen molar-refractivity contribution in [2.45, 2.75) is 53.4 Å². The van der Waals surface area contributed by atoms with Crippen LogP contribution in [0.25, 0.3) is 0 Å². The third kappa shape index (κ3) is 4.08. The highest BCUT2D eigenvalue weighted by Gasteiger charge is 2.25. The lowest BCUT2D eigenvalue weighted by Gasteiger charge is -2.22. The van der Waals surface area contributed by atoms with Crippen LogP contribution in [-0.4, -0.2) is 21.3 Å². The van der Waals surface area contributed by atoms with Crippen molar-refractivity contribution < 1.29 is 9.84 Å². The summed E-state index contributed by atoms with van der Waals surface area (Å²) in [6.07, 6.45) is -1.09. The number of aryl methyl sites for hydroxylation is 2. The van der Waals surface area contributed by atoms with Crippen molar-refractivity contribution in [1.82, 2.24) is 9.55 Å². The molecule has 25 heavy (non-hydrogen) atoms. The fraction of sp³-hybridized carbons (Fsp3) is 0.474. The van der Waals surface area contributed by atoms with E-state index in [0.717, 1.165) is 11.1 Å². The zero-order valence-corrected chi connectivity index (χ0v) is 15.4. The predicted octanol–water partition coefficient (Wildman–Crippen LogP) is 2.35. The largest absolute Gasteiger partial charge is 0.382 e. The molecular weight excluding hydrogens is 320 g/mol. The third-order valence-electron chi connectivity index (χ3n) is 4.10. The maximum Gasteiger partial charge on any atom is 0.330 e. The number of hydrogen-bond acceptors (Lipinski definition) is 4. The summed E-state index contributed by atoms with van der Waals surface area (Å²) < 4.78 is 6.69. The molecule has 0 radical (unpaired) electrons. The molecule has 0 bridgehead atoms. The summed E-state index contributed by atoms with van der Waals surface area (Å²) >= 11 is 0. The van der Waals surface area contributed by atoms with Gasteiger partial charge in [-0.15, -0.1) is 0 Å². The number of nitrogens with zero attached hydrogens (tertiary/aromatic N) is 1. The highest BCUT2D eigenvalue weighted by atomic mass is 16.5. The second-order valence-electron chi connectivity index (χ2n) is 6.59. The number of ether oxygens (including phenoxy) is 1. The van der Waals surface area contributed by atoms with Crippen LogP contribution >= 0.6 is 0 Å². The zero-order chi connectivity index (χ0) is 18.7. The minimum Gasteiger partial charge on any atom is -0.382 e. The summed E-state index contributed by atoms with van der Waals surface area (Å²) in [5.74, 6) is -0.159. The third-order valence-corrected chi connectivity index (χ3v) is 4.10. The molecule has 1 aromatic heterocycles. The van der Waals surface area contributed by atoms with E-state index in [1.807, 2.05) is 52.8 Å². The van der Waals surface area contributed by atoms with E-state index in [0.29, 0.717) is 23.4 Å². The van der Waals surface area contributed by atoms with Gasteiger partial charge < -0.3 is 9.84 Å². The lowest BCUT2D eigenvalue weighted by molar-refractivity contribution is 0.0751. The average molecular weight is 346 g/mol. The number of hydrogen-bond donors (Lipinski definition) is 2. The van der Waals surface area contributed by atoms with E-state index in [9.17, 15) is 14.7 Å². The summed E-state index contributed by atoms with van der Waals surface area (Å²) in [5, 5.41) is 11.0. The Bertz CT molecular complexity index is 844. The van der Waals surface area contributed by atoms with Gasteiger partial charge >= 0.3 is 5.69 Å². The molecular formula is C19H26N2O4. The van der Waals surface area contributed by atoms with Crippen molar-refractivity contribution >= 4 is 0 Å². The Labute approximate surface area is 147 Å². The molecule has 6 nitrogen and oxygen atoms in total. The van der Waals surface area contributed by atoms with E-state index >= 15 is 0 Å². The molecule has 0 spiro atoms. The molecule has 2 aromatic rings. The second kappa shape index (κ2) is 7.80. The van der Waals surface area contributed by atoms with E-state index in [-0.39, 0.29) is 12.6 Å². The van der Waals surface area contributed by atoms with Gasteiger partial charge in [-0.2, -0.15) is 0 Å². The van der Waals surface area contributed by atoms with E-state index in [2.05, 4.69) is 4.98 Å². The minimum atomic E-state index is -1.09. The second-order valence-corrected chi connectivity index (χ2v) is 6.59. The summed E-state index contributed by atoms with van der Waals surface area (Å²) in [4.78, 5) is 27.0. The van der Waals surface area contributed by atoms with Gasteiger partial charge in [0, 0.05) is 12.2 Å². The molecule has 1 heterocycles. The quantitative estimate of drug-likeness (QED) is 0.841. The number of benzene rings is 1. The summed E-state index contributed by atoms with van der Waals surface area (Å²) in [6, 6.07) is 5.72. The van der Waals surface area contributed by atoms with Crippen LogP contribution in [-0.2, 0) is 11.5 Å². The monoisotopic (exact) mass is 346 g/mol. The van der Waals surface area contributed by atoms with Gasteiger partial charge in [-0.3, -0.25) is 14.3 Å². The first-order valence-electron chi connectivity index (χ1n) is 8.47. The number of aliphatic hydroxyl groups is 1. The van der Waals surface area contributed by atoms with Crippen LogP contribution < -0.4 is 11.2 Å². The molecule has 1 aromatic carbocycles. The Morgan fingerprint density at radius 2 is 1.76 bits per heavy atom. The van der Waals surface area contributed by atoms with Gasteiger partial charge in [0.15, 0.2) is 0 Å². The van der Waals surface area contributed by atoms with Crippen LogP contribution in [0.5, 0.6) is 0 Å². The number of aliphatic hydroxyl groups excluding tert-OH is 1. The van der Waals surface area contributed by atoms with Crippen LogP contribution in [0.3, 0.4) is 0 Å². The molecule has 0 amide bonds. The zero-order valence-electron chi connectivity index (χ0n) is 15.4. The van der Waals surface area contributed by atoms with Gasteiger partial charge in [0.1, 0.15) is 12.8 Å². The molecule has 0 aliphatic carbocycles. The van der Waals surface area contributed by atoms with Gasteiger partial charge in [0.2, 0.25) is 0 Å². The molecule has 0 saturated carbocycles. The van der Waals surface area contributed by atoms with Crippen molar-refractivity contribution in [3.8, 4) is 0 Å². The smallest absolute Gasteiger partial charge is 0.330 e. The van der Waals surface area contributed by atoms with Crippen LogP contribution in [0.2, 0.25) is 0 Å². The van der Waals surface area contributed by atoms with Crippen molar-refractivity contribution in [2.24, 2.45) is 0 Å². The highest BCUT2D eigenvalue weighted by Crippen LogP contribution is 2.27. The van der Waals surface area contributed by atoms with Crippen molar-refractivity contribution in [1.29, 1.82) is 0 Å². The van der Waals surface area contributed by atoms with E-state index in [1.165, 1.54) is 4.57 Å². The number of H-pyrrole nitrogens is 1. The molecule has 2 N–H and O–H groups in total. The van der Waals surface area contributed by atoms with Crippen LogP contribution in [0.4, 0.5) is 0 Å². The fourth-order valence-corrected chi connectivity index (χ4v) is 3.09. The average Bonchev–Trinajstić information content (AvgIpc) is 2.51. The van der Waals surface area contributed by atoms with Gasteiger partial charge in [0.05, 0.1) is 5.69 Å². The molecule has 0 aliphatic heterocycles. The lowest BCUT2D eigenvalue weighted by Crippen LogP contribution is -2.37. The number of aromatic nitrogens is 2. The number of rotatable bonds is 6. The Hall–Kier alpha value is -2.18. The van der Waals surface area contributed by atoms with Gasteiger partial charge in [-0.1, -0.05) is 43.2 Å². The fourth-order valence-electron chi connectivity index (χ4n) is 3.09. The molecule has 0 saturated heterocycles. The topological polar surface area (TPSA) is 84.3 Å². The van der Waals surface area contributed by atoms with E-state index < -0.39 is 17.4 Å². The van der Waals surface area contributed by atoms with Crippen molar-refractivity contribution in [3.05, 3.63) is 67.0 Å². The van der Waals surface area contributed by atoms with Gasteiger partial charge in [0.25, 0.3) is 5.56 Å². The minimum absolute atomic E-state index is 0.0248. The molecule has 0 fully saturated rings. The maximum atomic E-state index is 12.4. The highest BCUT2D eigenvalue weighted by molar-refractivity contribution is 5.36. The SMILES string of the molecule is CCOCn1c(C(O)c2cc(C)cc(C)c2)c(C(C)C)c(=O)[nH]c1=O. The Morgan fingerprint density at radius 3 is 2.28 bits per heavy atom. The first-order valence-corrected chi connectivity index (χ1v) is 8.47. The molecule has 2 rings (SSSR count). The van der Waals surface area contributed by atoms with E-state index in [1.54, 1.807) is 0 Å². The van der Waals surface area contributed by atoms with Crippen LogP contribution in [0.1, 0.15) is 60.7 Å². The first kappa shape index (κ1) is 19.1. The number of aromatic amines is 1. The molecule has 1 atom stereocenters. The standard InChI is InChI=1S/C19H26N2O4/c1-6-25-10-21-16(15(11(2)3)18(23)20-19(21)24)17(22)14-8-12(4)7-13(5)9-14/h7-9,11,17,22H,6,10H2,1-5H3,(H,20,23,24). The Morgan fingerprint density at radius 1 is 1.16 bits per heavy atom.